The molecule has 5 rings (SSSR count). The smallest absolute Gasteiger partial charge is 0.435 e. The highest BCUT2D eigenvalue weighted by Crippen LogP contribution is 2.57. The number of hydrogen-bond acceptors (Lipinski definition) is 7. The highest BCUT2D eigenvalue weighted by molar-refractivity contribution is 5.75. The van der Waals surface area contributed by atoms with Gasteiger partial charge in [-0.15, -0.1) is 0 Å². The fraction of sp³-hybridized carbons (Fsp3) is 0.469. The molecule has 0 unspecified atom stereocenters. The Morgan fingerprint density at radius 2 is 1.85 bits per heavy atom. The number of methoxy groups -OCH3 is 2. The monoisotopic (exact) mass is 564 g/mol. The summed E-state index contributed by atoms with van der Waals surface area (Å²) in [5.74, 6) is -0.515. The Morgan fingerprint density at radius 3 is 2.51 bits per heavy atom. The van der Waals surface area contributed by atoms with Crippen molar-refractivity contribution < 1.29 is 32.9 Å². The van der Waals surface area contributed by atoms with E-state index in [0.29, 0.717) is 31.6 Å². The van der Waals surface area contributed by atoms with Gasteiger partial charge in [-0.3, -0.25) is 4.79 Å². The summed E-state index contributed by atoms with van der Waals surface area (Å²) in [6, 6.07) is 12.3. The first-order chi connectivity index (χ1) is 19.4. The average Bonchev–Trinajstić information content (AvgIpc) is 3.65. The third kappa shape index (κ3) is 5.60. The maximum Gasteiger partial charge on any atom is 0.435 e. The van der Waals surface area contributed by atoms with Gasteiger partial charge in [-0.25, -0.2) is 9.18 Å². The van der Waals surface area contributed by atoms with Crippen molar-refractivity contribution in [2.75, 3.05) is 20.8 Å². The average molecular weight is 565 g/mol. The molecule has 0 N–H and O–H groups in total. The quantitative estimate of drug-likeness (QED) is 0.331. The second-order valence-electron chi connectivity index (χ2n) is 12.0. The van der Waals surface area contributed by atoms with Gasteiger partial charge in [-0.2, -0.15) is 9.78 Å². The fourth-order valence-corrected chi connectivity index (χ4v) is 6.46. The molecule has 1 aliphatic heterocycles. The first-order valence-electron chi connectivity index (χ1n) is 13.9. The summed E-state index contributed by atoms with van der Waals surface area (Å²) in [4.78, 5) is 25.4. The molecule has 0 bridgehead atoms. The molecule has 0 radical (unpaired) electrons. The normalized spacial score (nSPS) is 24.0. The van der Waals surface area contributed by atoms with Crippen molar-refractivity contribution in [2.45, 2.75) is 70.0 Å². The van der Waals surface area contributed by atoms with E-state index in [4.69, 9.17) is 18.9 Å². The van der Waals surface area contributed by atoms with Crippen LogP contribution in [0.25, 0.3) is 11.1 Å². The van der Waals surface area contributed by atoms with Crippen LogP contribution in [0.15, 0.2) is 48.7 Å². The minimum absolute atomic E-state index is 0.00884. The molecular formula is C32H37FN2O6. The summed E-state index contributed by atoms with van der Waals surface area (Å²) in [6.07, 6.45) is 3.12. The van der Waals surface area contributed by atoms with Gasteiger partial charge < -0.3 is 18.9 Å². The van der Waals surface area contributed by atoms with Gasteiger partial charge in [0.05, 0.1) is 38.0 Å². The van der Waals surface area contributed by atoms with Crippen LogP contribution in [0.3, 0.4) is 0 Å². The molecule has 1 saturated heterocycles. The molecule has 8 nitrogen and oxygen atoms in total. The fourth-order valence-electron chi connectivity index (χ4n) is 6.46. The van der Waals surface area contributed by atoms with Crippen molar-refractivity contribution in [3.05, 3.63) is 71.3 Å². The Bertz CT molecular complexity index is 1440. The van der Waals surface area contributed by atoms with Crippen molar-refractivity contribution in [1.82, 2.24) is 9.78 Å². The summed E-state index contributed by atoms with van der Waals surface area (Å²) in [5, 5.41) is 4.40. The Balaban J connectivity index is 1.47. The van der Waals surface area contributed by atoms with Crippen LogP contribution in [0.2, 0.25) is 0 Å². The molecular weight excluding hydrogens is 527 g/mol. The van der Waals surface area contributed by atoms with E-state index in [0.717, 1.165) is 28.0 Å². The number of benzene rings is 2. The molecule has 1 aromatic heterocycles. The van der Waals surface area contributed by atoms with Crippen molar-refractivity contribution in [3.63, 3.8) is 0 Å². The van der Waals surface area contributed by atoms with Crippen LogP contribution in [-0.4, -0.2) is 53.9 Å². The Hall–Kier alpha value is -3.72. The molecule has 2 aliphatic rings. The topological polar surface area (TPSA) is 88.9 Å². The SMILES string of the molecule is COC(=O)[C@H]1CC[C@@]2(C[C@@H](c3cc(-c4cn(C(=O)OC(C)(C)C)nc4C)ccc3OC)CO2)[C@@H]1c1ccc(F)cc1. The predicted octanol–water partition coefficient (Wildman–Crippen LogP) is 6.40. The first kappa shape index (κ1) is 28.8. The van der Waals surface area contributed by atoms with Gasteiger partial charge in [-0.05, 0) is 82.3 Å². The molecule has 1 aliphatic carbocycles. The molecule has 218 valence electrons. The van der Waals surface area contributed by atoms with Crippen LogP contribution in [0, 0.1) is 18.7 Å². The largest absolute Gasteiger partial charge is 0.496 e. The zero-order chi connectivity index (χ0) is 29.5. The molecule has 0 amide bonds. The van der Waals surface area contributed by atoms with Crippen LogP contribution in [0.5, 0.6) is 5.75 Å². The van der Waals surface area contributed by atoms with E-state index in [1.165, 1.54) is 23.9 Å². The summed E-state index contributed by atoms with van der Waals surface area (Å²) < 4.78 is 38.0. The van der Waals surface area contributed by atoms with Gasteiger partial charge >= 0.3 is 12.1 Å². The lowest BCUT2D eigenvalue weighted by Gasteiger charge is -2.33. The lowest BCUT2D eigenvalue weighted by atomic mass is 9.76. The van der Waals surface area contributed by atoms with Crippen LogP contribution >= 0.6 is 0 Å². The number of ether oxygens (including phenoxy) is 4. The van der Waals surface area contributed by atoms with E-state index in [1.54, 1.807) is 25.4 Å². The standard InChI is InChI=1S/C32H37FN2O6/c1-19-26(17-35(34-19)30(37)41-31(2,3)4)21-9-12-27(38-5)25(15-21)22-16-32(40-18-22)14-13-24(29(36)39-6)28(32)20-7-10-23(33)11-8-20/h7-12,15,17,22,24,28H,13-14,16,18H2,1-6H3/t22-,24+,28-,32-/m1/s1. The molecule has 2 fully saturated rings. The van der Waals surface area contributed by atoms with Gasteiger partial charge in [0, 0.05) is 29.2 Å². The number of nitrogens with zero attached hydrogens (tertiary/aromatic N) is 2. The molecule has 1 saturated carbocycles. The number of aryl methyl sites for hydroxylation is 1. The van der Waals surface area contributed by atoms with Crippen LogP contribution in [0.4, 0.5) is 9.18 Å². The molecule has 1 spiro atoms. The highest BCUT2D eigenvalue weighted by atomic mass is 19.1. The number of esters is 1. The second kappa shape index (κ2) is 10.9. The number of rotatable bonds is 5. The van der Waals surface area contributed by atoms with Crippen LogP contribution < -0.4 is 4.74 Å². The van der Waals surface area contributed by atoms with Gasteiger partial charge in [-0.1, -0.05) is 18.2 Å². The van der Waals surface area contributed by atoms with Gasteiger partial charge in [0.1, 0.15) is 17.2 Å². The van der Waals surface area contributed by atoms with Crippen molar-refractivity contribution in [3.8, 4) is 16.9 Å². The Kier molecular flexibility index (Phi) is 7.68. The number of carbonyl (C=O) groups excluding carboxylic acids is 2. The molecule has 41 heavy (non-hydrogen) atoms. The maximum atomic E-state index is 13.8. The van der Waals surface area contributed by atoms with Crippen molar-refractivity contribution >= 4 is 12.1 Å². The number of aromatic nitrogens is 2. The zero-order valence-corrected chi connectivity index (χ0v) is 24.4. The third-order valence-corrected chi connectivity index (χ3v) is 8.20. The Labute approximate surface area is 239 Å². The van der Waals surface area contributed by atoms with Crippen LogP contribution in [-0.2, 0) is 19.0 Å². The summed E-state index contributed by atoms with van der Waals surface area (Å²) >= 11 is 0. The molecule has 9 heteroatoms. The predicted molar refractivity (Wildman–Crippen MR) is 151 cm³/mol. The summed E-state index contributed by atoms with van der Waals surface area (Å²) in [5.41, 5.74) is 3.00. The first-order valence-corrected chi connectivity index (χ1v) is 13.9. The number of halogens is 1. The summed E-state index contributed by atoms with van der Waals surface area (Å²) in [7, 11) is 3.04. The van der Waals surface area contributed by atoms with E-state index in [9.17, 15) is 14.0 Å². The molecule has 2 aromatic carbocycles. The lowest BCUT2D eigenvalue weighted by molar-refractivity contribution is -0.146. The Morgan fingerprint density at radius 1 is 1.12 bits per heavy atom. The van der Waals surface area contributed by atoms with Gasteiger partial charge in [0.2, 0.25) is 0 Å². The maximum absolute atomic E-state index is 13.8. The van der Waals surface area contributed by atoms with E-state index in [2.05, 4.69) is 11.2 Å². The van der Waals surface area contributed by atoms with E-state index < -0.39 is 17.3 Å². The zero-order valence-electron chi connectivity index (χ0n) is 24.4. The molecule has 2 heterocycles. The highest BCUT2D eigenvalue weighted by Gasteiger charge is 2.56. The van der Waals surface area contributed by atoms with Gasteiger partial charge in [0.15, 0.2) is 0 Å². The minimum atomic E-state index is -0.637. The number of carbonyl (C=O) groups is 2. The summed E-state index contributed by atoms with van der Waals surface area (Å²) in [6.45, 7) is 7.74. The molecule has 3 aromatic rings. The van der Waals surface area contributed by atoms with Gasteiger partial charge in [0.25, 0.3) is 0 Å². The van der Waals surface area contributed by atoms with E-state index in [-0.39, 0.29) is 29.5 Å². The van der Waals surface area contributed by atoms with E-state index in [1.807, 2.05) is 39.8 Å². The van der Waals surface area contributed by atoms with Crippen molar-refractivity contribution in [2.24, 2.45) is 5.92 Å². The third-order valence-electron chi connectivity index (χ3n) is 8.20. The second-order valence-corrected chi connectivity index (χ2v) is 12.0. The van der Waals surface area contributed by atoms with Crippen molar-refractivity contribution in [1.29, 1.82) is 0 Å². The van der Waals surface area contributed by atoms with Crippen LogP contribution in [0.1, 0.15) is 68.7 Å². The number of hydrogen-bond donors (Lipinski definition) is 0. The lowest BCUT2D eigenvalue weighted by Crippen LogP contribution is -2.35. The minimum Gasteiger partial charge on any atom is -0.496 e. The molecule has 4 atom stereocenters. The van der Waals surface area contributed by atoms with E-state index >= 15 is 0 Å².